The summed E-state index contributed by atoms with van der Waals surface area (Å²) >= 11 is 0. The first kappa shape index (κ1) is 13.5. The van der Waals surface area contributed by atoms with Gasteiger partial charge in [0.05, 0.1) is 0 Å². The normalized spacial score (nSPS) is 10.8. The molecule has 4 rings (SSSR count). The van der Waals surface area contributed by atoms with Crippen molar-refractivity contribution in [3.63, 3.8) is 0 Å². The Labute approximate surface area is 133 Å². The number of benzene rings is 3. The van der Waals surface area contributed by atoms with Crippen LogP contribution in [0.5, 0.6) is 0 Å². The number of nitrogens with zero attached hydrogens (tertiary/aromatic N) is 1. The van der Waals surface area contributed by atoms with Crippen molar-refractivity contribution in [3.05, 3.63) is 84.7 Å². The van der Waals surface area contributed by atoms with Crippen molar-refractivity contribution in [2.75, 3.05) is 5.32 Å². The van der Waals surface area contributed by atoms with E-state index in [1.165, 1.54) is 0 Å². The predicted molar refractivity (Wildman–Crippen MR) is 93.6 cm³/mol. The molecule has 4 aromatic rings. The first-order valence-electron chi connectivity index (χ1n) is 7.46. The van der Waals surface area contributed by atoms with E-state index in [4.69, 9.17) is 0 Å². The van der Waals surface area contributed by atoms with E-state index in [0.29, 0.717) is 5.69 Å². The average molecular weight is 298 g/mol. The van der Waals surface area contributed by atoms with Crippen LogP contribution >= 0.6 is 0 Å². The first-order chi connectivity index (χ1) is 11.3. The van der Waals surface area contributed by atoms with Crippen molar-refractivity contribution >= 4 is 33.1 Å². The Morgan fingerprint density at radius 3 is 2.22 bits per heavy atom. The summed E-state index contributed by atoms with van der Waals surface area (Å²) < 4.78 is 0. The summed E-state index contributed by atoms with van der Waals surface area (Å²) in [5.74, 6) is -0.196. The number of rotatable bonds is 2. The lowest BCUT2D eigenvalue weighted by Gasteiger charge is -2.09. The quantitative estimate of drug-likeness (QED) is 0.585. The number of amides is 1. The molecule has 0 aliphatic rings. The smallest absolute Gasteiger partial charge is 0.274 e. The molecule has 0 atom stereocenters. The van der Waals surface area contributed by atoms with Crippen molar-refractivity contribution < 1.29 is 4.79 Å². The van der Waals surface area contributed by atoms with E-state index in [-0.39, 0.29) is 5.91 Å². The molecular formula is C20H14N2O. The molecule has 0 aliphatic heterocycles. The van der Waals surface area contributed by atoms with E-state index in [1.54, 1.807) is 6.20 Å². The minimum absolute atomic E-state index is 0.196. The molecule has 110 valence electrons. The second-order valence-electron chi connectivity index (χ2n) is 5.36. The lowest BCUT2D eigenvalue weighted by molar-refractivity contribution is 0.102. The van der Waals surface area contributed by atoms with Crippen LogP contribution in [0.15, 0.2) is 79.0 Å². The third kappa shape index (κ3) is 2.42. The molecule has 0 aliphatic carbocycles. The van der Waals surface area contributed by atoms with Gasteiger partial charge in [-0.25, -0.2) is 0 Å². The van der Waals surface area contributed by atoms with Crippen LogP contribution in [0.2, 0.25) is 0 Å². The standard InChI is InChI=1S/C20H14N2O/c23-20(19-17-10-4-2-7-15(17)12-13-21-19)22-18-11-5-8-14-6-1-3-9-16(14)18/h1-13H,(H,22,23). The molecule has 0 saturated heterocycles. The van der Waals surface area contributed by atoms with E-state index < -0.39 is 0 Å². The molecular weight excluding hydrogens is 284 g/mol. The van der Waals surface area contributed by atoms with E-state index >= 15 is 0 Å². The zero-order valence-corrected chi connectivity index (χ0v) is 12.4. The molecule has 23 heavy (non-hydrogen) atoms. The van der Waals surface area contributed by atoms with Crippen LogP contribution in [0.1, 0.15) is 10.5 Å². The number of pyridine rings is 1. The van der Waals surface area contributed by atoms with Gasteiger partial charge in [0.25, 0.3) is 5.91 Å². The molecule has 3 nitrogen and oxygen atoms in total. The third-order valence-electron chi connectivity index (χ3n) is 3.93. The van der Waals surface area contributed by atoms with Crippen LogP contribution in [0.25, 0.3) is 21.5 Å². The molecule has 1 amide bonds. The topological polar surface area (TPSA) is 42.0 Å². The Morgan fingerprint density at radius 1 is 0.739 bits per heavy atom. The van der Waals surface area contributed by atoms with Gasteiger partial charge in [0, 0.05) is 22.7 Å². The minimum atomic E-state index is -0.196. The molecule has 0 spiro atoms. The van der Waals surface area contributed by atoms with Gasteiger partial charge >= 0.3 is 0 Å². The molecule has 1 N–H and O–H groups in total. The van der Waals surface area contributed by atoms with Gasteiger partial charge in [-0.1, -0.05) is 60.7 Å². The van der Waals surface area contributed by atoms with Crippen molar-refractivity contribution in [3.8, 4) is 0 Å². The number of aromatic nitrogens is 1. The third-order valence-corrected chi connectivity index (χ3v) is 3.93. The van der Waals surface area contributed by atoms with E-state index in [2.05, 4.69) is 10.3 Å². The summed E-state index contributed by atoms with van der Waals surface area (Å²) in [5, 5.41) is 6.96. The SMILES string of the molecule is O=C(Nc1cccc2ccccc12)c1nccc2ccccc12. The highest BCUT2D eigenvalue weighted by Gasteiger charge is 2.12. The zero-order chi connectivity index (χ0) is 15.6. The van der Waals surface area contributed by atoms with Gasteiger partial charge in [-0.05, 0) is 22.9 Å². The van der Waals surface area contributed by atoms with E-state index in [9.17, 15) is 4.79 Å². The fraction of sp³-hybridized carbons (Fsp3) is 0. The molecule has 3 heteroatoms. The number of anilines is 1. The predicted octanol–water partition coefficient (Wildman–Crippen LogP) is 4.64. The monoisotopic (exact) mass is 298 g/mol. The Morgan fingerprint density at radius 2 is 1.39 bits per heavy atom. The van der Waals surface area contributed by atoms with Gasteiger partial charge in [-0.15, -0.1) is 0 Å². The van der Waals surface area contributed by atoms with Crippen LogP contribution in [-0.4, -0.2) is 10.9 Å². The van der Waals surface area contributed by atoms with Crippen LogP contribution in [-0.2, 0) is 0 Å². The molecule has 0 unspecified atom stereocenters. The van der Waals surface area contributed by atoms with Gasteiger partial charge in [-0.2, -0.15) is 0 Å². The maximum absolute atomic E-state index is 12.7. The number of hydrogen-bond donors (Lipinski definition) is 1. The summed E-state index contributed by atoms with van der Waals surface area (Å²) in [6, 6.07) is 23.5. The van der Waals surface area contributed by atoms with Gasteiger partial charge in [0.2, 0.25) is 0 Å². The summed E-state index contributed by atoms with van der Waals surface area (Å²) in [7, 11) is 0. The molecule has 1 aromatic heterocycles. The summed E-state index contributed by atoms with van der Waals surface area (Å²) in [6.45, 7) is 0. The van der Waals surface area contributed by atoms with Gasteiger partial charge in [0.1, 0.15) is 5.69 Å². The maximum Gasteiger partial charge on any atom is 0.274 e. The fourth-order valence-corrected chi connectivity index (χ4v) is 2.82. The Hall–Kier alpha value is -3.20. The van der Waals surface area contributed by atoms with Crippen molar-refractivity contribution in [1.29, 1.82) is 0 Å². The highest BCUT2D eigenvalue weighted by Crippen LogP contribution is 2.24. The average Bonchev–Trinajstić information content (AvgIpc) is 2.61. The first-order valence-corrected chi connectivity index (χ1v) is 7.46. The second-order valence-corrected chi connectivity index (χ2v) is 5.36. The summed E-state index contributed by atoms with van der Waals surface area (Å²) in [5.41, 5.74) is 1.24. The minimum Gasteiger partial charge on any atom is -0.320 e. The second kappa shape index (κ2) is 5.54. The zero-order valence-electron chi connectivity index (χ0n) is 12.4. The Kier molecular flexibility index (Phi) is 3.24. The van der Waals surface area contributed by atoms with Gasteiger partial charge in [0.15, 0.2) is 0 Å². The highest BCUT2D eigenvalue weighted by atomic mass is 16.1. The number of carbonyl (C=O) groups is 1. The van der Waals surface area contributed by atoms with E-state index in [0.717, 1.165) is 27.2 Å². The summed E-state index contributed by atoms with van der Waals surface area (Å²) in [4.78, 5) is 17.0. The molecule has 3 aromatic carbocycles. The lowest BCUT2D eigenvalue weighted by Crippen LogP contribution is -2.14. The van der Waals surface area contributed by atoms with Crippen molar-refractivity contribution in [1.82, 2.24) is 4.98 Å². The van der Waals surface area contributed by atoms with Crippen LogP contribution in [0.4, 0.5) is 5.69 Å². The van der Waals surface area contributed by atoms with Crippen molar-refractivity contribution in [2.24, 2.45) is 0 Å². The number of nitrogens with one attached hydrogen (secondary N) is 1. The number of hydrogen-bond acceptors (Lipinski definition) is 2. The largest absolute Gasteiger partial charge is 0.320 e. The molecule has 0 saturated carbocycles. The molecule has 0 bridgehead atoms. The van der Waals surface area contributed by atoms with Gasteiger partial charge < -0.3 is 5.32 Å². The Bertz CT molecular complexity index is 1010. The van der Waals surface area contributed by atoms with Crippen LogP contribution in [0, 0.1) is 0 Å². The Balaban J connectivity index is 1.77. The fourth-order valence-electron chi connectivity index (χ4n) is 2.82. The van der Waals surface area contributed by atoms with Crippen molar-refractivity contribution in [2.45, 2.75) is 0 Å². The van der Waals surface area contributed by atoms with Crippen LogP contribution < -0.4 is 5.32 Å². The summed E-state index contributed by atoms with van der Waals surface area (Å²) in [6.07, 6.45) is 1.67. The number of carbonyl (C=O) groups excluding carboxylic acids is 1. The maximum atomic E-state index is 12.7. The molecule has 0 radical (unpaired) electrons. The van der Waals surface area contributed by atoms with Gasteiger partial charge in [-0.3, -0.25) is 9.78 Å². The molecule has 1 heterocycles. The number of fused-ring (bicyclic) bond motifs is 2. The lowest BCUT2D eigenvalue weighted by atomic mass is 10.1. The van der Waals surface area contributed by atoms with Crippen LogP contribution in [0.3, 0.4) is 0 Å². The van der Waals surface area contributed by atoms with E-state index in [1.807, 2.05) is 72.8 Å². The highest BCUT2D eigenvalue weighted by molar-refractivity contribution is 6.13. The molecule has 0 fully saturated rings.